The Bertz CT molecular complexity index is 1410. The predicted octanol–water partition coefficient (Wildman–Crippen LogP) is 6.12. The van der Waals surface area contributed by atoms with Gasteiger partial charge in [0.05, 0.1) is 19.3 Å². The zero-order valence-electron chi connectivity index (χ0n) is 24.0. The third kappa shape index (κ3) is 8.82. The Morgan fingerprint density at radius 3 is 2.37 bits per heavy atom. The van der Waals surface area contributed by atoms with E-state index in [4.69, 9.17) is 13.9 Å². The van der Waals surface area contributed by atoms with Gasteiger partial charge in [-0.05, 0) is 36.1 Å². The fourth-order valence-corrected chi connectivity index (χ4v) is 5.78. The van der Waals surface area contributed by atoms with E-state index in [9.17, 15) is 14.7 Å². The standard InChI is InChI=1S/C33H37N3O6S/c37-30(31-34-27-13-7-8-14-29(27)42-31)28(16-15-24-9-3-1-4-10-24)35-32(38)36(33(39)41-26-17-20-40-21-18-26)19-22-43-23-25-11-5-2-6-12-25/h1-14,26,28,30,37H,15-23H2,(H,35,38)/t28-,30?/m0/s1. The zero-order chi connectivity index (χ0) is 29.9. The molecule has 1 saturated heterocycles. The topological polar surface area (TPSA) is 114 Å². The third-order valence-corrected chi connectivity index (χ3v) is 8.32. The molecule has 0 spiro atoms. The van der Waals surface area contributed by atoms with E-state index in [-0.39, 0.29) is 18.5 Å². The van der Waals surface area contributed by atoms with E-state index < -0.39 is 24.3 Å². The lowest BCUT2D eigenvalue weighted by atomic mass is 10.0. The number of carbonyl (C=O) groups excluding carboxylic acids is 2. The number of aliphatic hydroxyl groups excluding tert-OH is 1. The highest BCUT2D eigenvalue weighted by molar-refractivity contribution is 7.98. The Morgan fingerprint density at radius 1 is 0.977 bits per heavy atom. The minimum Gasteiger partial charge on any atom is -0.446 e. The van der Waals surface area contributed by atoms with E-state index in [0.29, 0.717) is 55.7 Å². The number of ether oxygens (including phenoxy) is 2. The Balaban J connectivity index is 1.30. The summed E-state index contributed by atoms with van der Waals surface area (Å²) in [5.74, 6) is 1.38. The number of aliphatic hydroxyl groups is 1. The summed E-state index contributed by atoms with van der Waals surface area (Å²) in [6, 6.07) is 25.7. The number of hydrogen-bond donors (Lipinski definition) is 2. The second kappa shape index (κ2) is 15.6. The van der Waals surface area contributed by atoms with Crippen LogP contribution in [-0.2, 0) is 21.6 Å². The van der Waals surface area contributed by atoms with Crippen molar-refractivity contribution in [2.45, 2.75) is 49.7 Å². The maximum atomic E-state index is 13.7. The molecule has 2 heterocycles. The van der Waals surface area contributed by atoms with Gasteiger partial charge in [-0.1, -0.05) is 72.8 Å². The van der Waals surface area contributed by atoms with E-state index in [2.05, 4.69) is 10.3 Å². The van der Waals surface area contributed by atoms with E-state index in [1.165, 1.54) is 0 Å². The minimum absolute atomic E-state index is 0.106. The molecule has 3 aromatic carbocycles. The Morgan fingerprint density at radius 2 is 1.65 bits per heavy atom. The van der Waals surface area contributed by atoms with Crippen molar-refractivity contribution >= 4 is 35.0 Å². The van der Waals surface area contributed by atoms with Crippen LogP contribution in [0.15, 0.2) is 89.3 Å². The number of oxazole rings is 1. The highest BCUT2D eigenvalue weighted by Crippen LogP contribution is 2.25. The summed E-state index contributed by atoms with van der Waals surface area (Å²) >= 11 is 1.62. The lowest BCUT2D eigenvalue weighted by molar-refractivity contribution is -0.00666. The number of nitrogens with one attached hydrogen (secondary N) is 1. The molecule has 43 heavy (non-hydrogen) atoms. The molecule has 2 atom stereocenters. The molecule has 9 nitrogen and oxygen atoms in total. The minimum atomic E-state index is -1.24. The average Bonchev–Trinajstić information content (AvgIpc) is 3.48. The van der Waals surface area contributed by atoms with Crippen LogP contribution in [-0.4, -0.2) is 64.8 Å². The normalized spacial score (nSPS) is 15.1. The molecule has 226 valence electrons. The average molecular weight is 604 g/mol. The Labute approximate surface area is 255 Å². The number of benzene rings is 3. The molecule has 5 rings (SSSR count). The summed E-state index contributed by atoms with van der Waals surface area (Å²) in [5, 5.41) is 14.3. The van der Waals surface area contributed by atoms with Crippen molar-refractivity contribution in [3.63, 3.8) is 0 Å². The van der Waals surface area contributed by atoms with Crippen molar-refractivity contribution in [2.75, 3.05) is 25.5 Å². The number of imide groups is 1. The van der Waals surface area contributed by atoms with Gasteiger partial charge < -0.3 is 24.3 Å². The number of hydrogen-bond acceptors (Lipinski definition) is 8. The van der Waals surface area contributed by atoms with Crippen LogP contribution >= 0.6 is 11.8 Å². The summed E-state index contributed by atoms with van der Waals surface area (Å²) in [7, 11) is 0. The Hall–Kier alpha value is -3.86. The van der Waals surface area contributed by atoms with Crippen LogP contribution in [0, 0.1) is 0 Å². The summed E-state index contributed by atoms with van der Waals surface area (Å²) < 4.78 is 17.0. The molecule has 0 saturated carbocycles. The molecule has 1 aliphatic heterocycles. The van der Waals surface area contributed by atoms with Crippen LogP contribution in [0.2, 0.25) is 0 Å². The molecular weight excluding hydrogens is 566 g/mol. The number of carbonyl (C=O) groups is 2. The zero-order valence-corrected chi connectivity index (χ0v) is 24.8. The maximum Gasteiger partial charge on any atom is 0.418 e. The van der Waals surface area contributed by atoms with Crippen LogP contribution in [0.1, 0.15) is 42.4 Å². The van der Waals surface area contributed by atoms with Crippen molar-refractivity contribution in [2.24, 2.45) is 0 Å². The van der Waals surface area contributed by atoms with Gasteiger partial charge in [0.25, 0.3) is 0 Å². The number of thioether (sulfide) groups is 1. The quantitative estimate of drug-likeness (QED) is 0.186. The van der Waals surface area contributed by atoms with E-state index in [1.807, 2.05) is 72.8 Å². The number of amides is 3. The maximum absolute atomic E-state index is 13.7. The van der Waals surface area contributed by atoms with E-state index in [1.54, 1.807) is 23.9 Å². The number of para-hydroxylation sites is 2. The monoisotopic (exact) mass is 603 g/mol. The second-order valence-corrected chi connectivity index (χ2v) is 11.5. The SMILES string of the molecule is O=C(N[C@@H](CCc1ccccc1)C(O)c1nc2ccccc2o1)N(CCSCc1ccccc1)C(=O)OC1CCOCC1. The van der Waals surface area contributed by atoms with E-state index in [0.717, 1.165) is 21.8 Å². The van der Waals surface area contributed by atoms with Crippen molar-refractivity contribution in [3.8, 4) is 0 Å². The first-order chi connectivity index (χ1) is 21.1. The molecule has 4 aromatic rings. The van der Waals surface area contributed by atoms with Crippen molar-refractivity contribution in [3.05, 3.63) is 102 Å². The van der Waals surface area contributed by atoms with E-state index >= 15 is 0 Å². The summed E-state index contributed by atoms with van der Waals surface area (Å²) in [4.78, 5) is 32.6. The summed E-state index contributed by atoms with van der Waals surface area (Å²) in [6.07, 6.45) is -0.110. The molecule has 1 aromatic heterocycles. The van der Waals surface area contributed by atoms with Gasteiger partial charge in [0.1, 0.15) is 11.6 Å². The van der Waals surface area contributed by atoms with Gasteiger partial charge in [-0.25, -0.2) is 19.5 Å². The van der Waals surface area contributed by atoms with Crippen LogP contribution in [0.3, 0.4) is 0 Å². The molecule has 1 aliphatic rings. The lowest BCUT2D eigenvalue weighted by Gasteiger charge is -2.29. The highest BCUT2D eigenvalue weighted by Gasteiger charge is 2.32. The van der Waals surface area contributed by atoms with Gasteiger partial charge in [0.2, 0.25) is 5.89 Å². The molecule has 0 radical (unpaired) electrons. The van der Waals surface area contributed by atoms with Crippen molar-refractivity contribution in [1.29, 1.82) is 0 Å². The molecule has 1 fully saturated rings. The number of fused-ring (bicyclic) bond motifs is 1. The third-order valence-electron chi connectivity index (χ3n) is 7.31. The molecule has 0 aliphatic carbocycles. The molecular formula is C33H37N3O6S. The highest BCUT2D eigenvalue weighted by atomic mass is 32.2. The Kier molecular flexibility index (Phi) is 11.1. The van der Waals surface area contributed by atoms with Crippen LogP contribution in [0.4, 0.5) is 9.59 Å². The van der Waals surface area contributed by atoms with Gasteiger partial charge in [-0.15, -0.1) is 0 Å². The number of rotatable bonds is 12. The van der Waals surface area contributed by atoms with Crippen LogP contribution < -0.4 is 5.32 Å². The number of urea groups is 1. The first kappa shape index (κ1) is 30.6. The number of nitrogens with zero attached hydrogens (tertiary/aromatic N) is 2. The molecule has 1 unspecified atom stereocenters. The van der Waals surface area contributed by atoms with Gasteiger partial charge >= 0.3 is 12.1 Å². The van der Waals surface area contributed by atoms with Gasteiger partial charge in [-0.3, -0.25) is 0 Å². The van der Waals surface area contributed by atoms with Crippen LogP contribution in [0.5, 0.6) is 0 Å². The smallest absolute Gasteiger partial charge is 0.418 e. The molecule has 10 heteroatoms. The van der Waals surface area contributed by atoms with Gasteiger partial charge in [-0.2, -0.15) is 11.8 Å². The lowest BCUT2D eigenvalue weighted by Crippen LogP contribution is -2.51. The van der Waals surface area contributed by atoms with Gasteiger partial charge in [0.15, 0.2) is 11.7 Å². The van der Waals surface area contributed by atoms with Gasteiger partial charge in [0, 0.05) is 30.9 Å². The fourth-order valence-electron chi connectivity index (χ4n) is 4.90. The number of aromatic nitrogens is 1. The second-order valence-electron chi connectivity index (χ2n) is 10.4. The van der Waals surface area contributed by atoms with Crippen molar-refractivity contribution in [1.82, 2.24) is 15.2 Å². The molecule has 0 bridgehead atoms. The predicted molar refractivity (Wildman–Crippen MR) is 166 cm³/mol. The first-order valence-corrected chi connectivity index (χ1v) is 15.8. The van der Waals surface area contributed by atoms with Crippen molar-refractivity contribution < 1.29 is 28.6 Å². The molecule has 2 N–H and O–H groups in total. The first-order valence-electron chi connectivity index (χ1n) is 14.6. The summed E-state index contributed by atoms with van der Waals surface area (Å²) in [5.41, 5.74) is 3.37. The molecule has 3 amide bonds. The largest absolute Gasteiger partial charge is 0.446 e. The fraction of sp³-hybridized carbons (Fsp3) is 0.364. The van der Waals surface area contributed by atoms with Crippen LogP contribution in [0.25, 0.3) is 11.1 Å². The number of aryl methyl sites for hydroxylation is 1. The summed E-state index contributed by atoms with van der Waals surface area (Å²) in [6.45, 7) is 1.17.